The molecule has 0 aliphatic carbocycles. The van der Waals surface area contributed by atoms with Gasteiger partial charge >= 0.3 is 6.03 Å². The predicted octanol–water partition coefficient (Wildman–Crippen LogP) is 3.13. The molecule has 0 bridgehead atoms. The van der Waals surface area contributed by atoms with Gasteiger partial charge in [-0.2, -0.15) is 5.10 Å². The fraction of sp³-hybridized carbons (Fsp3) is 0.231. The molecule has 1 fully saturated rings. The summed E-state index contributed by atoms with van der Waals surface area (Å²) in [5.41, 5.74) is 5.20. The molecular formula is C26H25N9O3. The molecule has 0 spiro atoms. The normalized spacial score (nSPS) is 13.7. The van der Waals surface area contributed by atoms with Gasteiger partial charge in [-0.25, -0.2) is 14.8 Å². The van der Waals surface area contributed by atoms with Crippen LogP contribution in [0.5, 0.6) is 0 Å². The van der Waals surface area contributed by atoms with Crippen LogP contribution in [-0.4, -0.2) is 92.3 Å². The lowest BCUT2D eigenvalue weighted by Gasteiger charge is -2.26. The van der Waals surface area contributed by atoms with E-state index in [0.29, 0.717) is 60.2 Å². The smallest absolute Gasteiger partial charge is 0.321 e. The van der Waals surface area contributed by atoms with E-state index in [1.807, 2.05) is 24.3 Å². The Balaban J connectivity index is 1.36. The average molecular weight is 512 g/mol. The lowest BCUT2D eigenvalue weighted by Crippen LogP contribution is -2.40. The van der Waals surface area contributed by atoms with E-state index in [1.165, 1.54) is 4.90 Å². The monoisotopic (exact) mass is 511 g/mol. The minimum absolute atomic E-state index is 0.0680. The number of carbonyl (C=O) groups is 2. The molecule has 4 aromatic heterocycles. The fourth-order valence-electron chi connectivity index (χ4n) is 4.40. The van der Waals surface area contributed by atoms with Crippen LogP contribution >= 0.6 is 0 Å². The maximum Gasteiger partial charge on any atom is 0.321 e. The maximum absolute atomic E-state index is 13.2. The number of aromatic amines is 2. The molecule has 12 heteroatoms. The van der Waals surface area contributed by atoms with Crippen molar-refractivity contribution >= 4 is 39.7 Å². The van der Waals surface area contributed by atoms with Crippen LogP contribution in [0.1, 0.15) is 10.4 Å². The summed E-state index contributed by atoms with van der Waals surface area (Å²) in [6, 6.07) is 9.06. The Morgan fingerprint density at radius 3 is 2.71 bits per heavy atom. The van der Waals surface area contributed by atoms with E-state index in [4.69, 9.17) is 9.72 Å². The van der Waals surface area contributed by atoms with Gasteiger partial charge < -0.3 is 24.8 Å². The molecule has 6 rings (SSSR count). The van der Waals surface area contributed by atoms with Crippen molar-refractivity contribution in [2.45, 2.75) is 0 Å². The first-order valence-corrected chi connectivity index (χ1v) is 12.1. The molecule has 3 amide bonds. The molecule has 192 valence electrons. The molecule has 1 saturated heterocycles. The van der Waals surface area contributed by atoms with E-state index >= 15 is 0 Å². The number of rotatable bonds is 4. The van der Waals surface area contributed by atoms with Gasteiger partial charge in [-0.3, -0.25) is 14.9 Å². The van der Waals surface area contributed by atoms with Crippen molar-refractivity contribution in [2.75, 3.05) is 45.7 Å². The van der Waals surface area contributed by atoms with Crippen LogP contribution in [0.15, 0.2) is 48.9 Å². The minimum atomic E-state index is -0.244. The van der Waals surface area contributed by atoms with E-state index in [1.54, 1.807) is 43.7 Å². The predicted molar refractivity (Wildman–Crippen MR) is 142 cm³/mol. The zero-order chi connectivity index (χ0) is 26.2. The van der Waals surface area contributed by atoms with Crippen molar-refractivity contribution < 1.29 is 14.3 Å². The summed E-state index contributed by atoms with van der Waals surface area (Å²) in [5, 5.41) is 11.0. The third-order valence-corrected chi connectivity index (χ3v) is 6.41. The van der Waals surface area contributed by atoms with Crippen molar-refractivity contribution in [1.82, 2.24) is 39.9 Å². The number of aromatic nitrogens is 6. The molecule has 0 radical (unpaired) electrons. The topological polar surface area (TPSA) is 145 Å². The van der Waals surface area contributed by atoms with Crippen molar-refractivity contribution in [3.63, 3.8) is 0 Å². The van der Waals surface area contributed by atoms with E-state index < -0.39 is 0 Å². The van der Waals surface area contributed by atoms with Crippen LogP contribution in [0.2, 0.25) is 0 Å². The third-order valence-electron chi connectivity index (χ3n) is 6.41. The molecular weight excluding hydrogens is 486 g/mol. The van der Waals surface area contributed by atoms with E-state index in [0.717, 1.165) is 22.0 Å². The van der Waals surface area contributed by atoms with Crippen LogP contribution in [0.25, 0.3) is 44.7 Å². The van der Waals surface area contributed by atoms with Crippen LogP contribution in [0, 0.1) is 0 Å². The van der Waals surface area contributed by atoms with Gasteiger partial charge in [0.1, 0.15) is 11.2 Å². The number of imidazole rings is 1. The molecule has 12 nitrogen and oxygen atoms in total. The Morgan fingerprint density at radius 1 is 1.08 bits per heavy atom. The van der Waals surface area contributed by atoms with Gasteiger partial charge in [0.25, 0.3) is 5.91 Å². The second-order valence-electron chi connectivity index (χ2n) is 9.17. The first kappa shape index (κ1) is 23.6. The number of urea groups is 1. The lowest BCUT2D eigenvalue weighted by atomic mass is 10.1. The van der Waals surface area contributed by atoms with Gasteiger partial charge in [0.15, 0.2) is 11.5 Å². The second kappa shape index (κ2) is 9.56. The first-order chi connectivity index (χ1) is 18.5. The second-order valence-corrected chi connectivity index (χ2v) is 9.17. The summed E-state index contributed by atoms with van der Waals surface area (Å²) in [5.74, 6) is 0.457. The lowest BCUT2D eigenvalue weighted by molar-refractivity contribution is 0.0304. The SMILES string of the molecule is CN(C)C(=O)Nc1cncc(-c2cnc3[nH]nc(-c4nc5c(C(=O)N6CCOCC6)cccc5[nH]4)c3c2)c1. The number of nitrogens with zero attached hydrogens (tertiary/aromatic N) is 6. The highest BCUT2D eigenvalue weighted by molar-refractivity contribution is 6.06. The number of hydrogen-bond acceptors (Lipinski definition) is 7. The number of morpholine rings is 1. The number of carbonyl (C=O) groups excluding carboxylic acids is 2. The number of benzene rings is 1. The Morgan fingerprint density at radius 2 is 1.89 bits per heavy atom. The Hall–Kier alpha value is -4.84. The molecule has 0 saturated carbocycles. The zero-order valence-corrected chi connectivity index (χ0v) is 20.9. The molecule has 0 unspecified atom stereocenters. The van der Waals surface area contributed by atoms with Gasteiger partial charge in [-0.05, 0) is 24.3 Å². The number of nitrogens with one attached hydrogen (secondary N) is 3. The quantitative estimate of drug-likeness (QED) is 0.336. The Bertz CT molecular complexity index is 1670. The first-order valence-electron chi connectivity index (χ1n) is 12.1. The number of fused-ring (bicyclic) bond motifs is 2. The number of para-hydroxylation sites is 1. The highest BCUT2D eigenvalue weighted by atomic mass is 16.5. The molecule has 5 aromatic rings. The van der Waals surface area contributed by atoms with Gasteiger partial charge in [-0.15, -0.1) is 0 Å². The highest BCUT2D eigenvalue weighted by Crippen LogP contribution is 2.30. The largest absolute Gasteiger partial charge is 0.378 e. The molecule has 1 aromatic carbocycles. The number of hydrogen-bond donors (Lipinski definition) is 3. The fourth-order valence-corrected chi connectivity index (χ4v) is 4.40. The number of anilines is 1. The van der Waals surface area contributed by atoms with E-state index in [-0.39, 0.29) is 11.9 Å². The third kappa shape index (κ3) is 4.30. The average Bonchev–Trinajstić information content (AvgIpc) is 3.57. The Labute approximate surface area is 217 Å². The minimum Gasteiger partial charge on any atom is -0.378 e. The number of pyridine rings is 2. The van der Waals surface area contributed by atoms with Crippen molar-refractivity contribution in [1.29, 1.82) is 0 Å². The number of ether oxygens (including phenoxy) is 1. The van der Waals surface area contributed by atoms with E-state index in [2.05, 4.69) is 30.5 Å². The van der Waals surface area contributed by atoms with Crippen LogP contribution in [0.3, 0.4) is 0 Å². The molecule has 5 heterocycles. The molecule has 3 N–H and O–H groups in total. The van der Waals surface area contributed by atoms with Gasteiger partial charge in [0.05, 0.1) is 41.6 Å². The number of amides is 3. The van der Waals surface area contributed by atoms with Crippen molar-refractivity contribution in [3.8, 4) is 22.6 Å². The van der Waals surface area contributed by atoms with Gasteiger partial charge in [-0.1, -0.05) is 6.07 Å². The summed E-state index contributed by atoms with van der Waals surface area (Å²) < 4.78 is 5.38. The van der Waals surface area contributed by atoms with Crippen LogP contribution in [0.4, 0.5) is 10.5 Å². The van der Waals surface area contributed by atoms with Crippen molar-refractivity contribution in [2.24, 2.45) is 0 Å². The summed E-state index contributed by atoms with van der Waals surface area (Å²) in [4.78, 5) is 45.4. The Kier molecular flexibility index (Phi) is 5.92. The zero-order valence-electron chi connectivity index (χ0n) is 20.9. The van der Waals surface area contributed by atoms with Crippen LogP contribution < -0.4 is 5.32 Å². The summed E-state index contributed by atoms with van der Waals surface area (Å²) >= 11 is 0. The summed E-state index contributed by atoms with van der Waals surface area (Å²) in [6.45, 7) is 2.17. The molecule has 38 heavy (non-hydrogen) atoms. The van der Waals surface area contributed by atoms with E-state index in [9.17, 15) is 9.59 Å². The summed E-state index contributed by atoms with van der Waals surface area (Å²) in [7, 11) is 3.34. The molecule has 0 atom stereocenters. The van der Waals surface area contributed by atoms with Crippen molar-refractivity contribution in [3.05, 3.63) is 54.5 Å². The molecule has 1 aliphatic heterocycles. The standard InChI is InChI=1S/C26H25N9O3/c1-34(2)26(37)29-17-10-15(12-27-14-17)16-11-19-22(32-33-23(19)28-13-16)24-30-20-5-3-4-18(21(20)31-24)25(36)35-6-8-38-9-7-35/h3-5,10-14H,6-9H2,1-2H3,(H,29,37)(H,30,31)(H,28,32,33). The molecule has 1 aliphatic rings. The number of H-pyrrole nitrogens is 2. The van der Waals surface area contributed by atoms with Crippen LogP contribution in [-0.2, 0) is 4.74 Å². The van der Waals surface area contributed by atoms with Gasteiger partial charge in [0.2, 0.25) is 0 Å². The highest BCUT2D eigenvalue weighted by Gasteiger charge is 2.23. The summed E-state index contributed by atoms with van der Waals surface area (Å²) in [6.07, 6.45) is 5.01. The van der Waals surface area contributed by atoms with Gasteiger partial charge in [0, 0.05) is 50.7 Å². The maximum atomic E-state index is 13.2.